The summed E-state index contributed by atoms with van der Waals surface area (Å²) in [5, 5.41) is 0.962. The molecule has 0 bridgehead atoms. The molecule has 1 aliphatic rings. The van der Waals surface area contributed by atoms with Crippen molar-refractivity contribution in [2.45, 2.75) is 45.3 Å². The Hall–Kier alpha value is 0.350. The van der Waals surface area contributed by atoms with Crippen molar-refractivity contribution >= 4 is 11.8 Å². The Morgan fingerprint density at radius 2 is 2.18 bits per heavy atom. The molecule has 1 heterocycles. The minimum Gasteiger partial charge on any atom is -0.158 e. The van der Waals surface area contributed by atoms with Crippen LogP contribution >= 0.6 is 11.8 Å². The van der Waals surface area contributed by atoms with Crippen LogP contribution in [0.2, 0.25) is 0 Å². The minimum absolute atomic E-state index is 0.896. The molecule has 0 nitrogen and oxygen atoms in total. The Labute approximate surface area is 75.1 Å². The maximum Gasteiger partial charge on any atom is 0.00751 e. The summed E-state index contributed by atoms with van der Waals surface area (Å²) in [5.41, 5.74) is 0. The lowest BCUT2D eigenvalue weighted by atomic mass is 9.87. The zero-order chi connectivity index (χ0) is 8.27. The van der Waals surface area contributed by atoms with E-state index < -0.39 is 0 Å². The van der Waals surface area contributed by atoms with Crippen LogP contribution in [0.1, 0.15) is 40.0 Å². The fourth-order valence-electron chi connectivity index (χ4n) is 2.05. The van der Waals surface area contributed by atoms with Gasteiger partial charge in [-0.1, -0.05) is 20.8 Å². The van der Waals surface area contributed by atoms with Gasteiger partial charge in [0.15, 0.2) is 0 Å². The largest absolute Gasteiger partial charge is 0.158 e. The van der Waals surface area contributed by atoms with E-state index in [0.717, 1.165) is 17.1 Å². The van der Waals surface area contributed by atoms with Crippen molar-refractivity contribution in [3.05, 3.63) is 0 Å². The molecule has 0 aromatic carbocycles. The molecule has 0 aromatic heterocycles. The Balaban J connectivity index is 2.44. The Morgan fingerprint density at radius 1 is 1.45 bits per heavy atom. The molecule has 1 aliphatic heterocycles. The quantitative estimate of drug-likeness (QED) is 0.613. The first-order chi connectivity index (χ1) is 5.25. The maximum atomic E-state index is 2.37. The van der Waals surface area contributed by atoms with Gasteiger partial charge in [-0.25, -0.2) is 0 Å². The van der Waals surface area contributed by atoms with Crippen LogP contribution in [0.15, 0.2) is 0 Å². The van der Waals surface area contributed by atoms with Gasteiger partial charge < -0.3 is 0 Å². The fourth-order valence-corrected chi connectivity index (χ4v) is 3.62. The Morgan fingerprint density at radius 3 is 2.64 bits per heavy atom. The summed E-state index contributed by atoms with van der Waals surface area (Å²) >= 11 is 2.20. The van der Waals surface area contributed by atoms with E-state index in [1.165, 1.54) is 25.0 Å². The molecule has 66 valence electrons. The lowest BCUT2D eigenvalue weighted by Gasteiger charge is -2.33. The highest BCUT2D eigenvalue weighted by molar-refractivity contribution is 7.99. The van der Waals surface area contributed by atoms with Crippen molar-refractivity contribution in [2.75, 3.05) is 5.75 Å². The predicted octanol–water partition coefficient (Wildman–Crippen LogP) is 3.56. The molecule has 2 atom stereocenters. The molecular formula is C10H20S. The van der Waals surface area contributed by atoms with E-state index in [0.29, 0.717) is 0 Å². The van der Waals surface area contributed by atoms with E-state index in [4.69, 9.17) is 0 Å². The standard InChI is InChI=1S/C10H20S/c1-4-10-9(8(2)3)6-5-7-11-10/h8-10H,4-7H2,1-3H3. The highest BCUT2D eigenvalue weighted by Gasteiger charge is 2.26. The normalized spacial score (nSPS) is 32.7. The van der Waals surface area contributed by atoms with E-state index in [1.807, 2.05) is 0 Å². The zero-order valence-corrected chi connectivity index (χ0v) is 8.79. The van der Waals surface area contributed by atoms with Gasteiger partial charge >= 0.3 is 0 Å². The van der Waals surface area contributed by atoms with Crippen molar-refractivity contribution in [1.29, 1.82) is 0 Å². The van der Waals surface area contributed by atoms with Gasteiger partial charge in [-0.3, -0.25) is 0 Å². The zero-order valence-electron chi connectivity index (χ0n) is 7.97. The van der Waals surface area contributed by atoms with E-state index in [9.17, 15) is 0 Å². The van der Waals surface area contributed by atoms with Crippen molar-refractivity contribution in [1.82, 2.24) is 0 Å². The highest BCUT2D eigenvalue weighted by atomic mass is 32.2. The van der Waals surface area contributed by atoms with Crippen LogP contribution in [0.4, 0.5) is 0 Å². The molecule has 1 rings (SSSR count). The van der Waals surface area contributed by atoms with Gasteiger partial charge in [-0.05, 0) is 36.9 Å². The molecule has 2 unspecified atom stereocenters. The summed E-state index contributed by atoms with van der Waals surface area (Å²) in [5.74, 6) is 3.30. The lowest BCUT2D eigenvalue weighted by molar-refractivity contribution is 0.333. The first kappa shape index (κ1) is 9.44. The van der Waals surface area contributed by atoms with Crippen LogP contribution in [0, 0.1) is 11.8 Å². The summed E-state index contributed by atoms with van der Waals surface area (Å²) in [6.07, 6.45) is 4.29. The van der Waals surface area contributed by atoms with Crippen molar-refractivity contribution in [3.63, 3.8) is 0 Å². The number of hydrogen-bond acceptors (Lipinski definition) is 1. The van der Waals surface area contributed by atoms with Gasteiger partial charge in [0.1, 0.15) is 0 Å². The molecule has 0 N–H and O–H groups in total. The van der Waals surface area contributed by atoms with E-state index in [1.54, 1.807) is 0 Å². The summed E-state index contributed by atoms with van der Waals surface area (Å²) < 4.78 is 0. The molecule has 1 saturated heterocycles. The third kappa shape index (κ3) is 2.40. The summed E-state index contributed by atoms with van der Waals surface area (Å²) in [6.45, 7) is 7.08. The molecular weight excluding hydrogens is 152 g/mol. The molecule has 0 radical (unpaired) electrons. The van der Waals surface area contributed by atoms with Crippen LogP contribution in [0.5, 0.6) is 0 Å². The molecule has 0 amide bonds. The van der Waals surface area contributed by atoms with Gasteiger partial charge in [-0.15, -0.1) is 0 Å². The molecule has 0 spiro atoms. The maximum absolute atomic E-state index is 2.37. The molecule has 1 heteroatoms. The van der Waals surface area contributed by atoms with E-state index in [-0.39, 0.29) is 0 Å². The molecule has 0 aliphatic carbocycles. The number of thioether (sulfide) groups is 1. The minimum atomic E-state index is 0.896. The van der Waals surface area contributed by atoms with Crippen molar-refractivity contribution in [3.8, 4) is 0 Å². The topological polar surface area (TPSA) is 0 Å². The average molecular weight is 172 g/mol. The smallest absolute Gasteiger partial charge is 0.00751 e. The molecule has 1 fully saturated rings. The van der Waals surface area contributed by atoms with Gasteiger partial charge in [0.2, 0.25) is 0 Å². The molecule has 0 saturated carbocycles. The second-order valence-corrected chi connectivity index (χ2v) is 5.21. The first-order valence-electron chi connectivity index (χ1n) is 4.87. The SMILES string of the molecule is CCC1SCCCC1C(C)C. The lowest BCUT2D eigenvalue weighted by Crippen LogP contribution is -2.26. The third-order valence-electron chi connectivity index (χ3n) is 2.75. The second kappa shape index (κ2) is 4.39. The van der Waals surface area contributed by atoms with Crippen molar-refractivity contribution in [2.24, 2.45) is 11.8 Å². The summed E-state index contributed by atoms with van der Waals surface area (Å²) in [4.78, 5) is 0. The number of hydrogen-bond donors (Lipinski definition) is 0. The van der Waals surface area contributed by atoms with Crippen LogP contribution in [0.25, 0.3) is 0 Å². The van der Waals surface area contributed by atoms with Crippen LogP contribution in [-0.4, -0.2) is 11.0 Å². The first-order valence-corrected chi connectivity index (χ1v) is 5.92. The summed E-state index contributed by atoms with van der Waals surface area (Å²) in [6, 6.07) is 0. The molecule has 0 aromatic rings. The van der Waals surface area contributed by atoms with Crippen LogP contribution in [-0.2, 0) is 0 Å². The van der Waals surface area contributed by atoms with Gasteiger partial charge in [0, 0.05) is 5.25 Å². The molecule has 11 heavy (non-hydrogen) atoms. The van der Waals surface area contributed by atoms with Gasteiger partial charge in [0.25, 0.3) is 0 Å². The average Bonchev–Trinajstić information content (AvgIpc) is 2.04. The van der Waals surface area contributed by atoms with Crippen LogP contribution in [0.3, 0.4) is 0 Å². The van der Waals surface area contributed by atoms with Gasteiger partial charge in [0.05, 0.1) is 0 Å². The summed E-state index contributed by atoms with van der Waals surface area (Å²) in [7, 11) is 0. The monoisotopic (exact) mass is 172 g/mol. The fraction of sp³-hybridized carbons (Fsp3) is 1.00. The van der Waals surface area contributed by atoms with Crippen molar-refractivity contribution < 1.29 is 0 Å². The predicted molar refractivity (Wildman–Crippen MR) is 54.1 cm³/mol. The van der Waals surface area contributed by atoms with E-state index >= 15 is 0 Å². The second-order valence-electron chi connectivity index (χ2n) is 3.87. The van der Waals surface area contributed by atoms with Gasteiger partial charge in [-0.2, -0.15) is 11.8 Å². The van der Waals surface area contributed by atoms with E-state index in [2.05, 4.69) is 32.5 Å². The Bertz CT molecular complexity index is 109. The number of rotatable bonds is 2. The Kier molecular flexibility index (Phi) is 3.77. The van der Waals surface area contributed by atoms with Crippen LogP contribution < -0.4 is 0 Å². The third-order valence-corrected chi connectivity index (χ3v) is 4.39. The highest BCUT2D eigenvalue weighted by Crippen LogP contribution is 2.36.